The molecule has 0 radical (unpaired) electrons. The quantitative estimate of drug-likeness (QED) is 0.349. The van der Waals surface area contributed by atoms with Gasteiger partial charge in [-0.3, -0.25) is 14.4 Å². The summed E-state index contributed by atoms with van der Waals surface area (Å²) in [7, 11) is 0. The molecule has 1 rings (SSSR count). The molecule has 0 aliphatic heterocycles. The van der Waals surface area contributed by atoms with Crippen molar-refractivity contribution in [2.75, 3.05) is 19.8 Å². The largest absolute Gasteiger partial charge is 0.508 e. The van der Waals surface area contributed by atoms with Crippen molar-refractivity contribution in [1.29, 1.82) is 0 Å². The zero-order chi connectivity index (χ0) is 27.7. The molecule has 202 valence electrons. The molecular formula is C25H39N3O8. The van der Waals surface area contributed by atoms with Crippen LogP contribution in [0.15, 0.2) is 24.3 Å². The minimum atomic E-state index is -1.40. The van der Waals surface area contributed by atoms with Crippen LogP contribution in [0.4, 0.5) is 4.79 Å². The van der Waals surface area contributed by atoms with E-state index < -0.39 is 53.7 Å². The number of nitrogens with one attached hydrogen (secondary N) is 2. The van der Waals surface area contributed by atoms with E-state index in [4.69, 9.17) is 9.47 Å². The fraction of sp³-hybridized carbons (Fsp3) is 0.600. The lowest BCUT2D eigenvalue weighted by Gasteiger charge is -2.42. The Morgan fingerprint density at radius 2 is 1.61 bits per heavy atom. The molecule has 1 aromatic carbocycles. The molecular weight excluding hydrogens is 470 g/mol. The zero-order valence-corrected chi connectivity index (χ0v) is 22.1. The van der Waals surface area contributed by atoms with Crippen LogP contribution in [0.1, 0.15) is 66.5 Å². The molecule has 11 nitrogen and oxygen atoms in total. The van der Waals surface area contributed by atoms with Crippen LogP contribution in [-0.4, -0.2) is 75.9 Å². The van der Waals surface area contributed by atoms with Crippen LogP contribution in [0.5, 0.6) is 5.75 Å². The van der Waals surface area contributed by atoms with Crippen LogP contribution in [0, 0.1) is 0 Å². The average molecular weight is 510 g/mol. The summed E-state index contributed by atoms with van der Waals surface area (Å²) in [5, 5.41) is 24.7. The Kier molecular flexibility index (Phi) is 11.2. The van der Waals surface area contributed by atoms with Gasteiger partial charge < -0.3 is 35.2 Å². The van der Waals surface area contributed by atoms with E-state index in [0.717, 1.165) is 0 Å². The number of carbonyl (C=O) groups is 4. The highest BCUT2D eigenvalue weighted by molar-refractivity contribution is 5.92. The van der Waals surface area contributed by atoms with Crippen LogP contribution >= 0.6 is 0 Å². The summed E-state index contributed by atoms with van der Waals surface area (Å²) in [4.78, 5) is 52.3. The number of aromatic hydroxyl groups is 1. The number of benzene rings is 1. The molecule has 36 heavy (non-hydrogen) atoms. The number of rotatable bonds is 10. The van der Waals surface area contributed by atoms with E-state index >= 15 is 0 Å². The minimum Gasteiger partial charge on any atom is -0.508 e. The van der Waals surface area contributed by atoms with Crippen molar-refractivity contribution in [2.45, 2.75) is 78.1 Å². The SMILES string of the molecule is CCOC(=O)CCNC(=O)C(c1ccc(O)cc1)N(C(=O)C(CO)NC(=O)OC(C)(C)C)C(C)(C)C. The van der Waals surface area contributed by atoms with E-state index in [-0.39, 0.29) is 25.3 Å². The van der Waals surface area contributed by atoms with E-state index in [1.54, 1.807) is 48.5 Å². The molecule has 0 aliphatic rings. The molecule has 11 heteroatoms. The smallest absolute Gasteiger partial charge is 0.408 e. The summed E-state index contributed by atoms with van der Waals surface area (Å²) in [6.07, 6.45) is -0.964. The Morgan fingerprint density at radius 1 is 1.03 bits per heavy atom. The maximum Gasteiger partial charge on any atom is 0.408 e. The van der Waals surface area contributed by atoms with Gasteiger partial charge in [-0.15, -0.1) is 0 Å². The summed E-state index contributed by atoms with van der Waals surface area (Å²) in [5.41, 5.74) is -1.41. The van der Waals surface area contributed by atoms with Gasteiger partial charge >= 0.3 is 12.1 Å². The number of carbonyl (C=O) groups excluding carboxylic acids is 4. The molecule has 0 heterocycles. The number of ether oxygens (including phenoxy) is 2. The number of alkyl carbamates (subject to hydrolysis) is 1. The number of hydrogen-bond acceptors (Lipinski definition) is 8. The van der Waals surface area contributed by atoms with Gasteiger partial charge in [-0.1, -0.05) is 12.1 Å². The van der Waals surface area contributed by atoms with E-state index in [1.807, 2.05) is 0 Å². The molecule has 0 saturated carbocycles. The third-order valence-electron chi connectivity index (χ3n) is 4.78. The molecule has 1 aromatic rings. The highest BCUT2D eigenvalue weighted by Crippen LogP contribution is 2.31. The van der Waals surface area contributed by atoms with E-state index in [2.05, 4.69) is 10.6 Å². The normalized spacial score (nSPS) is 13.2. The number of hydrogen-bond donors (Lipinski definition) is 4. The maximum absolute atomic E-state index is 13.7. The monoisotopic (exact) mass is 509 g/mol. The van der Waals surface area contributed by atoms with E-state index in [1.165, 1.54) is 29.2 Å². The maximum atomic E-state index is 13.7. The average Bonchev–Trinajstić information content (AvgIpc) is 2.74. The van der Waals surface area contributed by atoms with Crippen molar-refractivity contribution in [1.82, 2.24) is 15.5 Å². The number of nitrogens with zero attached hydrogens (tertiary/aromatic N) is 1. The standard InChI is InChI=1S/C25H39N3O8/c1-8-35-19(31)13-14-26-21(32)20(16-9-11-17(30)12-10-16)28(24(2,3)4)22(33)18(15-29)27-23(34)36-25(5,6)7/h9-12,18,20,29-30H,8,13-15H2,1-7H3,(H,26,32)(H,27,34). The molecule has 0 saturated heterocycles. The van der Waals surface area contributed by atoms with Gasteiger partial charge in [-0.2, -0.15) is 0 Å². The van der Waals surface area contributed by atoms with Crippen LogP contribution in [0.2, 0.25) is 0 Å². The van der Waals surface area contributed by atoms with Gasteiger partial charge in [0.1, 0.15) is 23.4 Å². The molecule has 2 atom stereocenters. The predicted octanol–water partition coefficient (Wildman–Crippen LogP) is 2.02. The second-order valence-electron chi connectivity index (χ2n) is 10.1. The Hall–Kier alpha value is -3.34. The molecule has 0 spiro atoms. The van der Waals surface area contributed by atoms with Crippen molar-refractivity contribution >= 4 is 23.9 Å². The third-order valence-corrected chi connectivity index (χ3v) is 4.78. The summed E-state index contributed by atoms with van der Waals surface area (Å²) in [5.74, 6) is -1.84. The molecule has 4 N–H and O–H groups in total. The van der Waals surface area contributed by atoms with E-state index in [0.29, 0.717) is 5.56 Å². The first-order chi connectivity index (χ1) is 16.6. The number of aliphatic hydroxyl groups excluding tert-OH is 1. The molecule has 2 unspecified atom stereocenters. The number of aliphatic hydroxyl groups is 1. The first-order valence-electron chi connectivity index (χ1n) is 11.8. The minimum absolute atomic E-state index is 0.0298. The number of phenolic OH excluding ortho intramolecular Hbond substituents is 1. The molecule has 0 aromatic heterocycles. The Balaban J connectivity index is 3.35. The summed E-state index contributed by atoms with van der Waals surface area (Å²) >= 11 is 0. The lowest BCUT2D eigenvalue weighted by Crippen LogP contribution is -2.59. The second kappa shape index (κ2) is 13.1. The summed E-state index contributed by atoms with van der Waals surface area (Å²) in [6.45, 7) is 11.2. The summed E-state index contributed by atoms with van der Waals surface area (Å²) < 4.78 is 10.1. The fourth-order valence-corrected chi connectivity index (χ4v) is 3.34. The van der Waals surface area contributed by atoms with Gasteiger partial charge in [0.15, 0.2) is 0 Å². The van der Waals surface area contributed by atoms with Crippen molar-refractivity contribution in [3.8, 4) is 5.75 Å². The first kappa shape index (κ1) is 30.7. The number of phenols is 1. The molecule has 0 aliphatic carbocycles. The van der Waals surface area contributed by atoms with Gasteiger partial charge in [0.2, 0.25) is 11.8 Å². The molecule has 0 bridgehead atoms. The Bertz CT molecular complexity index is 903. The summed E-state index contributed by atoms with van der Waals surface area (Å²) in [6, 6.07) is 3.13. The van der Waals surface area contributed by atoms with Crippen molar-refractivity contribution in [3.05, 3.63) is 29.8 Å². The zero-order valence-electron chi connectivity index (χ0n) is 22.1. The highest BCUT2D eigenvalue weighted by atomic mass is 16.6. The predicted molar refractivity (Wildman–Crippen MR) is 132 cm³/mol. The topological polar surface area (TPSA) is 154 Å². The van der Waals surface area contributed by atoms with Crippen LogP contribution in [-0.2, 0) is 23.9 Å². The Labute approximate surface area is 212 Å². The molecule has 3 amide bonds. The van der Waals surface area contributed by atoms with Gasteiger partial charge in [0.05, 0.1) is 19.6 Å². The van der Waals surface area contributed by atoms with Gasteiger partial charge in [0, 0.05) is 12.1 Å². The lowest BCUT2D eigenvalue weighted by atomic mass is 9.95. The van der Waals surface area contributed by atoms with Crippen molar-refractivity contribution in [3.63, 3.8) is 0 Å². The van der Waals surface area contributed by atoms with Crippen molar-refractivity contribution in [2.24, 2.45) is 0 Å². The Morgan fingerprint density at radius 3 is 2.08 bits per heavy atom. The van der Waals surface area contributed by atoms with Gasteiger partial charge in [-0.05, 0) is 66.2 Å². The molecule has 0 fully saturated rings. The second-order valence-corrected chi connectivity index (χ2v) is 10.1. The van der Waals surface area contributed by atoms with Crippen LogP contribution < -0.4 is 10.6 Å². The third kappa shape index (κ3) is 9.73. The lowest BCUT2D eigenvalue weighted by molar-refractivity contribution is -0.149. The highest BCUT2D eigenvalue weighted by Gasteiger charge is 2.41. The van der Waals surface area contributed by atoms with E-state index in [9.17, 15) is 29.4 Å². The van der Waals surface area contributed by atoms with Crippen LogP contribution in [0.3, 0.4) is 0 Å². The van der Waals surface area contributed by atoms with Crippen LogP contribution in [0.25, 0.3) is 0 Å². The number of esters is 1. The number of amides is 3. The van der Waals surface area contributed by atoms with Gasteiger partial charge in [-0.25, -0.2) is 4.79 Å². The fourth-order valence-electron chi connectivity index (χ4n) is 3.34. The van der Waals surface area contributed by atoms with Crippen molar-refractivity contribution < 1.29 is 38.9 Å². The van der Waals surface area contributed by atoms with Gasteiger partial charge in [0.25, 0.3) is 0 Å². The first-order valence-corrected chi connectivity index (χ1v) is 11.8.